The molecular weight excluding hydrogens is 356 g/mol. The Bertz CT molecular complexity index is 849. The van der Waals surface area contributed by atoms with Gasteiger partial charge in [-0.3, -0.25) is 19.3 Å². The first kappa shape index (κ1) is 21.1. The molecule has 0 saturated heterocycles. The maximum atomic E-state index is 12.5. The standard InChI is InChI=1S/C21H26N4O3/c1-14-8-10-17(11-9-14)23-20(27)13-25(4)15(2)21(28)24-19-7-5-6-18(12-19)22-16(3)26/h5-12,15H,13H2,1-4H3,(H,22,26)(H,23,27)(H,24,28). The average molecular weight is 382 g/mol. The lowest BCUT2D eigenvalue weighted by atomic mass is 10.2. The highest BCUT2D eigenvalue weighted by Crippen LogP contribution is 2.16. The molecule has 0 bridgehead atoms. The van der Waals surface area contributed by atoms with Crippen LogP contribution in [0.15, 0.2) is 48.5 Å². The fraction of sp³-hybridized carbons (Fsp3) is 0.286. The highest BCUT2D eigenvalue weighted by Gasteiger charge is 2.20. The molecule has 1 atom stereocenters. The van der Waals surface area contributed by atoms with Gasteiger partial charge in [0.15, 0.2) is 0 Å². The Balaban J connectivity index is 1.90. The molecule has 0 aromatic heterocycles. The lowest BCUT2D eigenvalue weighted by Crippen LogP contribution is -2.43. The van der Waals surface area contributed by atoms with E-state index in [1.54, 1.807) is 43.1 Å². The van der Waals surface area contributed by atoms with Gasteiger partial charge in [-0.2, -0.15) is 0 Å². The highest BCUT2D eigenvalue weighted by atomic mass is 16.2. The van der Waals surface area contributed by atoms with E-state index < -0.39 is 6.04 Å². The summed E-state index contributed by atoms with van der Waals surface area (Å²) in [5.41, 5.74) is 3.00. The van der Waals surface area contributed by atoms with Gasteiger partial charge in [0.25, 0.3) is 0 Å². The summed E-state index contributed by atoms with van der Waals surface area (Å²) in [4.78, 5) is 37.5. The van der Waals surface area contributed by atoms with E-state index in [0.29, 0.717) is 11.4 Å². The van der Waals surface area contributed by atoms with Gasteiger partial charge in [0, 0.05) is 24.0 Å². The van der Waals surface area contributed by atoms with Crippen molar-refractivity contribution >= 4 is 34.8 Å². The molecule has 0 fully saturated rings. The molecule has 0 radical (unpaired) electrons. The van der Waals surface area contributed by atoms with Crippen molar-refractivity contribution in [3.05, 3.63) is 54.1 Å². The van der Waals surface area contributed by atoms with Crippen molar-refractivity contribution in [3.63, 3.8) is 0 Å². The van der Waals surface area contributed by atoms with Crippen LogP contribution in [0.2, 0.25) is 0 Å². The summed E-state index contributed by atoms with van der Waals surface area (Å²) in [6.07, 6.45) is 0. The number of anilines is 3. The predicted molar refractivity (Wildman–Crippen MR) is 111 cm³/mol. The Kier molecular flexibility index (Phi) is 7.28. The number of carbonyl (C=O) groups is 3. The monoisotopic (exact) mass is 382 g/mol. The molecule has 3 amide bonds. The van der Waals surface area contributed by atoms with Gasteiger partial charge in [-0.05, 0) is 51.2 Å². The third kappa shape index (κ3) is 6.51. The molecule has 0 heterocycles. The SMILES string of the molecule is CC(=O)Nc1cccc(NC(=O)C(C)N(C)CC(=O)Nc2ccc(C)cc2)c1. The maximum Gasteiger partial charge on any atom is 0.241 e. The van der Waals surface area contributed by atoms with Gasteiger partial charge < -0.3 is 16.0 Å². The molecule has 0 saturated carbocycles. The van der Waals surface area contributed by atoms with Crippen LogP contribution in [0.5, 0.6) is 0 Å². The normalized spacial score (nSPS) is 11.6. The van der Waals surface area contributed by atoms with Crippen molar-refractivity contribution < 1.29 is 14.4 Å². The van der Waals surface area contributed by atoms with E-state index in [0.717, 1.165) is 11.3 Å². The molecule has 0 aliphatic carbocycles. The molecule has 2 aromatic carbocycles. The lowest BCUT2D eigenvalue weighted by molar-refractivity contribution is -0.122. The van der Waals surface area contributed by atoms with Gasteiger partial charge in [0.2, 0.25) is 17.7 Å². The Hall–Kier alpha value is -3.19. The second-order valence-corrected chi connectivity index (χ2v) is 6.76. The van der Waals surface area contributed by atoms with Gasteiger partial charge in [-0.25, -0.2) is 0 Å². The van der Waals surface area contributed by atoms with Gasteiger partial charge in [-0.15, -0.1) is 0 Å². The number of nitrogens with zero attached hydrogens (tertiary/aromatic N) is 1. The number of hydrogen-bond acceptors (Lipinski definition) is 4. The summed E-state index contributed by atoms with van der Waals surface area (Å²) in [6.45, 7) is 5.20. The molecule has 0 aliphatic heterocycles. The molecule has 3 N–H and O–H groups in total. The summed E-state index contributed by atoms with van der Waals surface area (Å²) in [5.74, 6) is -0.625. The molecule has 7 nitrogen and oxygen atoms in total. The Morgan fingerprint density at radius 1 is 0.929 bits per heavy atom. The summed E-state index contributed by atoms with van der Waals surface area (Å²) in [7, 11) is 1.71. The van der Waals surface area contributed by atoms with Crippen LogP contribution in [0.25, 0.3) is 0 Å². The minimum absolute atomic E-state index is 0.0778. The number of amides is 3. The van der Waals surface area contributed by atoms with E-state index in [9.17, 15) is 14.4 Å². The molecular formula is C21H26N4O3. The predicted octanol–water partition coefficient (Wildman–Crippen LogP) is 2.85. The lowest BCUT2D eigenvalue weighted by Gasteiger charge is -2.23. The van der Waals surface area contributed by atoms with E-state index in [1.807, 2.05) is 31.2 Å². The third-order valence-electron chi connectivity index (χ3n) is 4.22. The zero-order valence-corrected chi connectivity index (χ0v) is 16.6. The third-order valence-corrected chi connectivity index (χ3v) is 4.22. The average Bonchev–Trinajstić information content (AvgIpc) is 2.62. The zero-order valence-electron chi connectivity index (χ0n) is 16.6. The molecule has 2 aromatic rings. The molecule has 1 unspecified atom stereocenters. The number of likely N-dealkylation sites (N-methyl/N-ethyl adjacent to an activating group) is 1. The van der Waals surface area contributed by atoms with Gasteiger partial charge in [0.05, 0.1) is 12.6 Å². The van der Waals surface area contributed by atoms with Crippen LogP contribution in [0.3, 0.4) is 0 Å². The van der Waals surface area contributed by atoms with E-state index in [-0.39, 0.29) is 24.3 Å². The van der Waals surface area contributed by atoms with E-state index in [2.05, 4.69) is 16.0 Å². The quantitative estimate of drug-likeness (QED) is 0.687. The zero-order chi connectivity index (χ0) is 20.7. The Morgan fingerprint density at radius 3 is 2.14 bits per heavy atom. The molecule has 28 heavy (non-hydrogen) atoms. The molecule has 0 spiro atoms. The molecule has 2 rings (SSSR count). The number of rotatable bonds is 7. The van der Waals surface area contributed by atoms with Crippen molar-refractivity contribution in [3.8, 4) is 0 Å². The van der Waals surface area contributed by atoms with Crippen molar-refractivity contribution in [2.24, 2.45) is 0 Å². The second kappa shape index (κ2) is 9.66. The van der Waals surface area contributed by atoms with Crippen LogP contribution in [-0.4, -0.2) is 42.3 Å². The van der Waals surface area contributed by atoms with E-state index in [4.69, 9.17) is 0 Å². The summed E-state index contributed by atoms with van der Waals surface area (Å²) < 4.78 is 0. The van der Waals surface area contributed by atoms with Crippen LogP contribution >= 0.6 is 0 Å². The van der Waals surface area contributed by atoms with E-state index in [1.165, 1.54) is 6.92 Å². The largest absolute Gasteiger partial charge is 0.326 e. The fourth-order valence-corrected chi connectivity index (χ4v) is 2.53. The van der Waals surface area contributed by atoms with Crippen LogP contribution < -0.4 is 16.0 Å². The molecule has 7 heteroatoms. The van der Waals surface area contributed by atoms with Crippen molar-refractivity contribution in [1.82, 2.24) is 4.90 Å². The summed E-state index contributed by atoms with van der Waals surface area (Å²) >= 11 is 0. The van der Waals surface area contributed by atoms with Crippen LogP contribution in [0, 0.1) is 6.92 Å². The number of carbonyl (C=O) groups excluding carboxylic acids is 3. The van der Waals surface area contributed by atoms with Crippen LogP contribution in [0.1, 0.15) is 19.4 Å². The molecule has 148 valence electrons. The van der Waals surface area contributed by atoms with Gasteiger partial charge in [0.1, 0.15) is 0 Å². The highest BCUT2D eigenvalue weighted by molar-refractivity contribution is 5.97. The van der Waals surface area contributed by atoms with Crippen LogP contribution in [-0.2, 0) is 14.4 Å². The minimum atomic E-state index is -0.520. The van der Waals surface area contributed by atoms with E-state index >= 15 is 0 Å². The van der Waals surface area contributed by atoms with Crippen molar-refractivity contribution in [2.45, 2.75) is 26.8 Å². The fourth-order valence-electron chi connectivity index (χ4n) is 2.53. The van der Waals surface area contributed by atoms with Crippen LogP contribution in [0.4, 0.5) is 17.1 Å². The van der Waals surface area contributed by atoms with Gasteiger partial charge >= 0.3 is 0 Å². The smallest absolute Gasteiger partial charge is 0.241 e. The number of aryl methyl sites for hydroxylation is 1. The minimum Gasteiger partial charge on any atom is -0.326 e. The first-order chi connectivity index (χ1) is 13.2. The van der Waals surface area contributed by atoms with Crippen molar-refractivity contribution in [1.29, 1.82) is 0 Å². The first-order valence-electron chi connectivity index (χ1n) is 9.00. The second-order valence-electron chi connectivity index (χ2n) is 6.76. The van der Waals surface area contributed by atoms with Crippen molar-refractivity contribution in [2.75, 3.05) is 29.5 Å². The number of hydrogen-bond donors (Lipinski definition) is 3. The summed E-state index contributed by atoms with van der Waals surface area (Å²) in [6, 6.07) is 13.9. The Labute approximate surface area is 165 Å². The number of nitrogens with one attached hydrogen (secondary N) is 3. The number of benzene rings is 2. The Morgan fingerprint density at radius 2 is 1.54 bits per heavy atom. The summed E-state index contributed by atoms with van der Waals surface area (Å²) in [5, 5.41) is 8.29. The van der Waals surface area contributed by atoms with Gasteiger partial charge in [-0.1, -0.05) is 23.8 Å². The maximum absolute atomic E-state index is 12.5. The topological polar surface area (TPSA) is 90.5 Å². The molecule has 0 aliphatic rings. The first-order valence-corrected chi connectivity index (χ1v) is 9.00.